The zero-order chi connectivity index (χ0) is 29.1. The third-order valence-corrected chi connectivity index (χ3v) is 5.16. The number of hydrogen-bond acceptors (Lipinski definition) is 13. The Morgan fingerprint density at radius 2 is 1.56 bits per heavy atom. The first-order chi connectivity index (χ1) is 18.5. The Kier molecular flexibility index (Phi) is 11.6. The number of carbonyl (C=O) groups excluding carboxylic acids is 1. The predicted molar refractivity (Wildman–Crippen MR) is 139 cm³/mol. The summed E-state index contributed by atoms with van der Waals surface area (Å²) in [6, 6.07) is 5.78. The number of methoxy groups -OCH3 is 3. The van der Waals surface area contributed by atoms with Crippen LogP contribution in [-0.4, -0.2) is 85.8 Å². The summed E-state index contributed by atoms with van der Waals surface area (Å²) in [6.07, 6.45) is -1.89. The molecule has 2 atom stereocenters. The maximum atomic E-state index is 12.0. The zero-order valence-electron chi connectivity index (χ0n) is 21.8. The van der Waals surface area contributed by atoms with Gasteiger partial charge in [0.1, 0.15) is 11.4 Å². The Morgan fingerprint density at radius 1 is 0.974 bits per heavy atom. The highest BCUT2D eigenvalue weighted by molar-refractivity contribution is 5.93. The van der Waals surface area contributed by atoms with E-state index in [9.17, 15) is 35.2 Å². The Bertz CT molecular complexity index is 1190. The molecule has 0 aliphatic rings. The van der Waals surface area contributed by atoms with Gasteiger partial charge in [-0.05, 0) is 12.1 Å². The summed E-state index contributed by atoms with van der Waals surface area (Å²) in [5, 5.41) is 53.7. The highest BCUT2D eigenvalue weighted by Gasteiger charge is 2.23. The minimum Gasteiger partial charge on any atom is -0.494 e. The number of non-ortho nitro benzene ring substituents is 1. The molecule has 2 aromatic rings. The second-order valence-corrected chi connectivity index (χ2v) is 8.23. The zero-order valence-corrected chi connectivity index (χ0v) is 21.8. The number of amides is 1. The van der Waals surface area contributed by atoms with Crippen LogP contribution in [0.25, 0.3) is 0 Å². The van der Waals surface area contributed by atoms with Crippen LogP contribution in [0.3, 0.4) is 0 Å². The van der Waals surface area contributed by atoms with Gasteiger partial charge in [0.15, 0.2) is 5.69 Å². The Hall–Kier alpha value is -4.25. The minimum absolute atomic E-state index is 0.0120. The van der Waals surface area contributed by atoms with E-state index < -0.39 is 39.3 Å². The molecular formula is C23H30N6O10. The van der Waals surface area contributed by atoms with Crippen LogP contribution in [0.5, 0.6) is 5.75 Å². The molecule has 0 spiro atoms. The second kappa shape index (κ2) is 14.6. The van der Waals surface area contributed by atoms with Crippen LogP contribution in [0.2, 0.25) is 0 Å². The Labute approximate surface area is 223 Å². The summed E-state index contributed by atoms with van der Waals surface area (Å²) in [5.41, 5.74) is -0.825. The molecule has 0 bridgehead atoms. The van der Waals surface area contributed by atoms with E-state index in [0.29, 0.717) is 5.69 Å². The fraction of sp³-hybridized carbons (Fsp3) is 0.435. The van der Waals surface area contributed by atoms with Crippen LogP contribution >= 0.6 is 0 Å². The standard InChI is InChI=1S/C23H30N6O10/c1-14(30)24-19-8-22(27(10-16(31)12-37-2)11-17(32)13-38-3)23(39-4)9-20(19)26-25-18-6-5-15(28(33)34)7-21(18)29(35)36/h5-9,16-17,31-32H,10-13H2,1-4H3,(H,24,30). The van der Waals surface area contributed by atoms with E-state index in [1.807, 2.05) is 0 Å². The third-order valence-electron chi connectivity index (χ3n) is 5.16. The molecule has 0 saturated carbocycles. The van der Waals surface area contributed by atoms with E-state index in [0.717, 1.165) is 18.2 Å². The first-order valence-corrected chi connectivity index (χ1v) is 11.4. The number of hydrogen-bond donors (Lipinski definition) is 3. The molecule has 16 nitrogen and oxygen atoms in total. The summed E-state index contributed by atoms with van der Waals surface area (Å²) in [4.78, 5) is 34.4. The molecular weight excluding hydrogens is 520 g/mol. The molecule has 0 fully saturated rings. The van der Waals surface area contributed by atoms with E-state index in [4.69, 9.17) is 14.2 Å². The van der Waals surface area contributed by atoms with E-state index in [1.54, 1.807) is 4.90 Å². The van der Waals surface area contributed by atoms with Crippen molar-refractivity contribution in [3.05, 3.63) is 50.6 Å². The van der Waals surface area contributed by atoms with Crippen molar-refractivity contribution in [3.8, 4) is 5.75 Å². The predicted octanol–water partition coefficient (Wildman–Crippen LogP) is 2.71. The number of carbonyl (C=O) groups is 1. The maximum absolute atomic E-state index is 12.0. The average Bonchev–Trinajstić information content (AvgIpc) is 2.87. The van der Waals surface area contributed by atoms with Gasteiger partial charge in [-0.25, -0.2) is 0 Å². The van der Waals surface area contributed by atoms with E-state index in [1.165, 1.54) is 40.4 Å². The lowest BCUT2D eigenvalue weighted by molar-refractivity contribution is -0.393. The molecule has 0 heterocycles. The third kappa shape index (κ3) is 8.92. The number of nitro benzene ring substituents is 2. The van der Waals surface area contributed by atoms with Crippen molar-refractivity contribution in [3.63, 3.8) is 0 Å². The lowest BCUT2D eigenvalue weighted by Gasteiger charge is -2.31. The maximum Gasteiger partial charge on any atom is 0.303 e. The van der Waals surface area contributed by atoms with Crippen molar-refractivity contribution in [2.24, 2.45) is 10.2 Å². The monoisotopic (exact) mass is 550 g/mol. The van der Waals surface area contributed by atoms with Gasteiger partial charge in [-0.2, -0.15) is 0 Å². The molecule has 0 radical (unpaired) electrons. The van der Waals surface area contributed by atoms with Crippen LogP contribution in [0, 0.1) is 20.2 Å². The number of benzene rings is 2. The molecule has 39 heavy (non-hydrogen) atoms. The van der Waals surface area contributed by atoms with Crippen LogP contribution in [0.4, 0.5) is 34.1 Å². The Morgan fingerprint density at radius 3 is 2.05 bits per heavy atom. The van der Waals surface area contributed by atoms with Crippen LogP contribution in [0.1, 0.15) is 6.92 Å². The van der Waals surface area contributed by atoms with Crippen molar-refractivity contribution < 1.29 is 39.1 Å². The molecule has 2 rings (SSSR count). The van der Waals surface area contributed by atoms with E-state index in [2.05, 4.69) is 15.5 Å². The fourth-order valence-electron chi connectivity index (χ4n) is 3.57. The molecule has 16 heteroatoms. The molecule has 0 aliphatic carbocycles. The van der Waals surface area contributed by atoms with Crippen molar-refractivity contribution in [2.75, 3.05) is 57.8 Å². The van der Waals surface area contributed by atoms with Gasteiger partial charge in [0.05, 0.1) is 59.8 Å². The Balaban J connectivity index is 2.61. The van der Waals surface area contributed by atoms with Crippen molar-refractivity contribution in [2.45, 2.75) is 19.1 Å². The smallest absolute Gasteiger partial charge is 0.303 e. The normalized spacial score (nSPS) is 12.7. The van der Waals surface area contributed by atoms with Crippen molar-refractivity contribution >= 4 is 40.0 Å². The number of anilines is 2. The van der Waals surface area contributed by atoms with Crippen LogP contribution in [0.15, 0.2) is 40.6 Å². The number of nitro groups is 2. The topological polar surface area (TPSA) is 211 Å². The number of aliphatic hydroxyl groups is 2. The van der Waals surface area contributed by atoms with E-state index >= 15 is 0 Å². The van der Waals surface area contributed by atoms with Gasteiger partial charge in [0.25, 0.3) is 5.69 Å². The highest BCUT2D eigenvalue weighted by Crippen LogP contribution is 2.40. The first kappa shape index (κ1) is 31.0. The first-order valence-electron chi connectivity index (χ1n) is 11.4. The fourth-order valence-corrected chi connectivity index (χ4v) is 3.57. The number of ether oxygens (including phenoxy) is 3. The number of aliphatic hydroxyl groups excluding tert-OH is 2. The van der Waals surface area contributed by atoms with E-state index in [-0.39, 0.29) is 49.1 Å². The van der Waals surface area contributed by atoms with Crippen molar-refractivity contribution in [1.82, 2.24) is 0 Å². The van der Waals surface area contributed by atoms with Gasteiger partial charge < -0.3 is 34.6 Å². The molecule has 1 amide bonds. The molecule has 2 unspecified atom stereocenters. The van der Waals surface area contributed by atoms with Gasteiger partial charge in [-0.3, -0.25) is 25.0 Å². The van der Waals surface area contributed by atoms with Gasteiger partial charge in [-0.15, -0.1) is 10.2 Å². The number of nitrogens with one attached hydrogen (secondary N) is 1. The second-order valence-electron chi connectivity index (χ2n) is 8.23. The van der Waals surface area contributed by atoms with Crippen LogP contribution in [-0.2, 0) is 14.3 Å². The molecule has 212 valence electrons. The summed E-state index contributed by atoms with van der Waals surface area (Å²) < 4.78 is 15.5. The lowest BCUT2D eigenvalue weighted by Crippen LogP contribution is -2.41. The van der Waals surface area contributed by atoms with Crippen LogP contribution < -0.4 is 15.0 Å². The average molecular weight is 551 g/mol. The summed E-state index contributed by atoms with van der Waals surface area (Å²) in [5.74, 6) is -0.250. The molecule has 0 saturated heterocycles. The van der Waals surface area contributed by atoms with Crippen molar-refractivity contribution in [1.29, 1.82) is 0 Å². The quantitative estimate of drug-likeness (QED) is 0.167. The number of rotatable bonds is 15. The SMILES string of the molecule is COCC(O)CN(CC(O)COC)c1cc(NC(C)=O)c(N=Nc2ccc([N+](=O)[O-])cc2[N+](=O)[O-])cc1OC. The summed E-state index contributed by atoms with van der Waals surface area (Å²) in [6.45, 7) is 1.31. The van der Waals surface area contributed by atoms with Gasteiger partial charge in [0.2, 0.25) is 5.91 Å². The number of nitrogens with zero attached hydrogens (tertiary/aromatic N) is 5. The van der Waals surface area contributed by atoms with Gasteiger partial charge in [-0.1, -0.05) is 0 Å². The summed E-state index contributed by atoms with van der Waals surface area (Å²) >= 11 is 0. The van der Waals surface area contributed by atoms with Gasteiger partial charge in [0, 0.05) is 46.4 Å². The largest absolute Gasteiger partial charge is 0.494 e. The summed E-state index contributed by atoms with van der Waals surface area (Å²) in [7, 11) is 4.23. The molecule has 3 N–H and O–H groups in total. The number of azo groups is 1. The molecule has 2 aromatic carbocycles. The minimum atomic E-state index is -0.944. The van der Waals surface area contributed by atoms with Gasteiger partial charge >= 0.3 is 5.69 Å². The molecule has 0 aliphatic heterocycles. The molecule has 0 aromatic heterocycles. The lowest BCUT2D eigenvalue weighted by atomic mass is 10.1. The highest BCUT2D eigenvalue weighted by atomic mass is 16.6.